The number of thioether (sulfide) groups is 1. The summed E-state index contributed by atoms with van der Waals surface area (Å²) in [5.74, 6) is 2.38. The minimum absolute atomic E-state index is 0.352. The van der Waals surface area contributed by atoms with E-state index < -0.39 is 6.10 Å². The highest BCUT2D eigenvalue weighted by Crippen LogP contribution is 2.26. The quantitative estimate of drug-likeness (QED) is 0.760. The highest BCUT2D eigenvalue weighted by Gasteiger charge is 2.10. The van der Waals surface area contributed by atoms with E-state index in [1.54, 1.807) is 13.0 Å². The van der Waals surface area contributed by atoms with E-state index >= 15 is 0 Å². The molecule has 1 aromatic carbocycles. The van der Waals surface area contributed by atoms with Crippen molar-refractivity contribution < 1.29 is 14.2 Å². The summed E-state index contributed by atoms with van der Waals surface area (Å²) in [4.78, 5) is 0. The van der Waals surface area contributed by atoms with Crippen LogP contribution in [-0.2, 0) is 0 Å². The Kier molecular flexibility index (Phi) is 6.37. The second kappa shape index (κ2) is 7.56. The predicted octanol–water partition coefficient (Wildman–Crippen LogP) is 3.40. The van der Waals surface area contributed by atoms with Gasteiger partial charge in [0, 0.05) is 5.56 Å². The summed E-state index contributed by atoms with van der Waals surface area (Å²) in [6.45, 7) is 4.32. The topological polar surface area (TPSA) is 29.5 Å². The van der Waals surface area contributed by atoms with Crippen LogP contribution in [0.5, 0.6) is 5.75 Å². The molecule has 0 saturated carbocycles. The van der Waals surface area contributed by atoms with E-state index in [1.807, 2.05) is 11.8 Å². The van der Waals surface area contributed by atoms with Crippen LogP contribution >= 0.6 is 11.8 Å². The van der Waals surface area contributed by atoms with Gasteiger partial charge in [-0.2, -0.15) is 11.8 Å². The van der Waals surface area contributed by atoms with Crippen LogP contribution in [-0.4, -0.2) is 23.2 Å². The summed E-state index contributed by atoms with van der Waals surface area (Å²) in [7, 11) is 0. The molecular formula is C13H19FO2S. The van der Waals surface area contributed by atoms with Crippen molar-refractivity contribution in [3.63, 3.8) is 0 Å². The molecule has 0 aliphatic rings. The van der Waals surface area contributed by atoms with Crippen LogP contribution in [0.1, 0.15) is 31.9 Å². The third-order valence-electron chi connectivity index (χ3n) is 2.32. The summed E-state index contributed by atoms with van der Waals surface area (Å²) in [5, 5.41) is 9.52. The van der Waals surface area contributed by atoms with E-state index in [-0.39, 0.29) is 5.82 Å². The van der Waals surface area contributed by atoms with Crippen LogP contribution in [0.4, 0.5) is 4.39 Å². The average molecular weight is 258 g/mol. The number of aliphatic hydroxyl groups is 1. The highest BCUT2D eigenvalue weighted by atomic mass is 32.2. The first-order valence-electron chi connectivity index (χ1n) is 5.83. The van der Waals surface area contributed by atoms with Crippen LogP contribution in [0.25, 0.3) is 0 Å². The maximum absolute atomic E-state index is 13.0. The Balaban J connectivity index is 2.52. The molecule has 0 radical (unpaired) electrons. The fourth-order valence-corrected chi connectivity index (χ4v) is 2.08. The average Bonchev–Trinajstić information content (AvgIpc) is 2.30. The normalized spacial score (nSPS) is 12.5. The summed E-state index contributed by atoms with van der Waals surface area (Å²) < 4.78 is 18.6. The third kappa shape index (κ3) is 4.96. The molecular weight excluding hydrogens is 239 g/mol. The number of benzene rings is 1. The molecule has 1 atom stereocenters. The molecule has 96 valence electrons. The Morgan fingerprint density at radius 1 is 1.47 bits per heavy atom. The fourth-order valence-electron chi connectivity index (χ4n) is 1.46. The van der Waals surface area contributed by atoms with Crippen LogP contribution in [0.2, 0.25) is 0 Å². The van der Waals surface area contributed by atoms with Crippen molar-refractivity contribution in [2.24, 2.45) is 0 Å². The molecule has 2 nitrogen and oxygen atoms in total. The lowest BCUT2D eigenvalue weighted by atomic mass is 10.1. The predicted molar refractivity (Wildman–Crippen MR) is 70.1 cm³/mol. The van der Waals surface area contributed by atoms with Gasteiger partial charge in [0.1, 0.15) is 11.6 Å². The maximum atomic E-state index is 13.0. The summed E-state index contributed by atoms with van der Waals surface area (Å²) in [5.41, 5.74) is 0.508. The summed E-state index contributed by atoms with van der Waals surface area (Å²) in [6.07, 6.45) is 0.237. The number of rotatable bonds is 7. The number of hydrogen-bond acceptors (Lipinski definition) is 3. The lowest BCUT2D eigenvalue weighted by Crippen LogP contribution is -2.03. The standard InChI is InChI=1S/C13H19FO2S/c1-3-17-8-4-7-16-13-6-5-11(14)9-12(13)10(2)15/h5-6,9-10,15H,3-4,7-8H2,1-2H3/t10-/m0/s1. The molecule has 4 heteroatoms. The van der Waals surface area contributed by atoms with Gasteiger partial charge >= 0.3 is 0 Å². The van der Waals surface area contributed by atoms with Crippen molar-refractivity contribution in [3.05, 3.63) is 29.6 Å². The van der Waals surface area contributed by atoms with Gasteiger partial charge in [0.15, 0.2) is 0 Å². The molecule has 0 fully saturated rings. The zero-order valence-electron chi connectivity index (χ0n) is 10.3. The smallest absolute Gasteiger partial charge is 0.125 e. The van der Waals surface area contributed by atoms with Crippen LogP contribution < -0.4 is 4.74 Å². The first kappa shape index (κ1) is 14.3. The van der Waals surface area contributed by atoms with Crippen LogP contribution in [0.15, 0.2) is 18.2 Å². The molecule has 0 spiro atoms. The molecule has 1 rings (SSSR count). The van der Waals surface area contributed by atoms with Gasteiger partial charge in [-0.15, -0.1) is 0 Å². The van der Waals surface area contributed by atoms with E-state index in [9.17, 15) is 9.50 Å². The minimum Gasteiger partial charge on any atom is -0.493 e. The van der Waals surface area contributed by atoms with Gasteiger partial charge in [-0.05, 0) is 43.0 Å². The monoisotopic (exact) mass is 258 g/mol. The van der Waals surface area contributed by atoms with Crippen LogP contribution in [0.3, 0.4) is 0 Å². The number of ether oxygens (including phenoxy) is 1. The Labute approximate surface area is 106 Å². The largest absolute Gasteiger partial charge is 0.493 e. The van der Waals surface area contributed by atoms with Gasteiger partial charge < -0.3 is 9.84 Å². The molecule has 17 heavy (non-hydrogen) atoms. The molecule has 1 aromatic rings. The lowest BCUT2D eigenvalue weighted by Gasteiger charge is -2.13. The van der Waals surface area contributed by atoms with Crippen LogP contribution in [0, 0.1) is 5.82 Å². The van der Waals surface area contributed by atoms with Gasteiger partial charge in [0.2, 0.25) is 0 Å². The first-order valence-corrected chi connectivity index (χ1v) is 6.98. The van der Waals surface area contributed by atoms with Gasteiger partial charge in [-0.1, -0.05) is 6.92 Å². The molecule has 0 heterocycles. The SMILES string of the molecule is CCSCCCOc1ccc(F)cc1[C@H](C)O. The van der Waals surface area contributed by atoms with E-state index in [1.165, 1.54) is 12.1 Å². The lowest BCUT2D eigenvalue weighted by molar-refractivity contribution is 0.190. The molecule has 0 amide bonds. The molecule has 0 saturated heterocycles. The van der Waals surface area contributed by atoms with Gasteiger partial charge in [-0.3, -0.25) is 0 Å². The maximum Gasteiger partial charge on any atom is 0.125 e. The van der Waals surface area contributed by atoms with Gasteiger partial charge in [-0.25, -0.2) is 4.39 Å². The van der Waals surface area contributed by atoms with Crippen molar-refractivity contribution in [3.8, 4) is 5.75 Å². The zero-order chi connectivity index (χ0) is 12.7. The van der Waals surface area contributed by atoms with Crippen molar-refractivity contribution in [2.75, 3.05) is 18.1 Å². The van der Waals surface area contributed by atoms with Crippen molar-refractivity contribution in [2.45, 2.75) is 26.4 Å². The first-order chi connectivity index (χ1) is 8.15. The molecule has 0 bridgehead atoms. The summed E-state index contributed by atoms with van der Waals surface area (Å²) >= 11 is 1.87. The number of halogens is 1. The number of hydrogen-bond donors (Lipinski definition) is 1. The molecule has 1 N–H and O–H groups in total. The minimum atomic E-state index is -0.717. The summed E-state index contributed by atoms with van der Waals surface area (Å²) in [6, 6.07) is 4.24. The molecule has 0 aliphatic heterocycles. The Bertz CT molecular complexity index is 342. The highest BCUT2D eigenvalue weighted by molar-refractivity contribution is 7.99. The Hall–Kier alpha value is -0.740. The Morgan fingerprint density at radius 2 is 2.24 bits per heavy atom. The fraction of sp³-hybridized carbons (Fsp3) is 0.538. The third-order valence-corrected chi connectivity index (χ3v) is 3.30. The van der Waals surface area contributed by atoms with Crippen molar-refractivity contribution in [1.82, 2.24) is 0 Å². The van der Waals surface area contributed by atoms with Crippen molar-refractivity contribution >= 4 is 11.8 Å². The van der Waals surface area contributed by atoms with E-state index in [0.29, 0.717) is 17.9 Å². The zero-order valence-corrected chi connectivity index (χ0v) is 11.1. The number of aliphatic hydroxyl groups excluding tert-OH is 1. The van der Waals surface area contributed by atoms with Gasteiger partial charge in [0.05, 0.1) is 12.7 Å². The molecule has 0 aliphatic carbocycles. The van der Waals surface area contributed by atoms with E-state index in [0.717, 1.165) is 17.9 Å². The second-order valence-electron chi connectivity index (χ2n) is 3.76. The molecule has 0 unspecified atom stereocenters. The molecule has 0 aromatic heterocycles. The Morgan fingerprint density at radius 3 is 2.88 bits per heavy atom. The second-order valence-corrected chi connectivity index (χ2v) is 5.15. The van der Waals surface area contributed by atoms with E-state index in [2.05, 4.69) is 6.92 Å². The van der Waals surface area contributed by atoms with Crippen molar-refractivity contribution in [1.29, 1.82) is 0 Å². The van der Waals surface area contributed by atoms with E-state index in [4.69, 9.17) is 4.74 Å². The van der Waals surface area contributed by atoms with Gasteiger partial charge in [0.25, 0.3) is 0 Å².